The average molecular weight is 362 g/mol. The molecule has 0 spiro atoms. The second kappa shape index (κ2) is 7.27. The van der Waals surface area contributed by atoms with Gasteiger partial charge in [-0.3, -0.25) is 0 Å². The number of benzene rings is 1. The summed E-state index contributed by atoms with van der Waals surface area (Å²) in [4.78, 5) is 5.10. The van der Waals surface area contributed by atoms with Crippen molar-refractivity contribution in [1.29, 1.82) is 0 Å². The number of sulfone groups is 1. The van der Waals surface area contributed by atoms with Crippen molar-refractivity contribution in [2.24, 2.45) is 0 Å². The van der Waals surface area contributed by atoms with Crippen LogP contribution in [0.2, 0.25) is 0 Å². The maximum Gasteiger partial charge on any atom is 0.245 e. The van der Waals surface area contributed by atoms with Gasteiger partial charge < -0.3 is 4.52 Å². The molecular weight excluding hydrogens is 344 g/mol. The van der Waals surface area contributed by atoms with Crippen molar-refractivity contribution >= 4 is 21.2 Å². The number of thiophene rings is 1. The van der Waals surface area contributed by atoms with Crippen molar-refractivity contribution in [3.05, 3.63) is 59.3 Å². The van der Waals surface area contributed by atoms with E-state index in [2.05, 4.69) is 10.1 Å². The highest BCUT2D eigenvalue weighted by atomic mass is 32.2. The van der Waals surface area contributed by atoms with Crippen LogP contribution in [-0.2, 0) is 16.3 Å². The standard InChI is InChI=1S/C17H18N2O3S2/c1-13(17-18-16(19-22-17)15-10-5-11-23-15)24(20,21)12-6-9-14-7-3-2-4-8-14/h2-5,7-8,10-11,13H,6,9,12H2,1H3. The zero-order valence-electron chi connectivity index (χ0n) is 13.3. The van der Waals surface area contributed by atoms with Gasteiger partial charge in [0.15, 0.2) is 9.84 Å². The molecular formula is C17H18N2O3S2. The Hall–Kier alpha value is -1.99. The molecule has 5 nitrogen and oxygen atoms in total. The van der Waals surface area contributed by atoms with Crippen molar-refractivity contribution in [3.63, 3.8) is 0 Å². The molecule has 1 aromatic carbocycles. The fourth-order valence-electron chi connectivity index (χ4n) is 2.36. The summed E-state index contributed by atoms with van der Waals surface area (Å²) < 4.78 is 30.2. The number of aromatic nitrogens is 2. The van der Waals surface area contributed by atoms with Crippen LogP contribution in [0.4, 0.5) is 0 Å². The molecule has 3 rings (SSSR count). The molecule has 0 N–H and O–H groups in total. The van der Waals surface area contributed by atoms with Crippen LogP contribution in [0.1, 0.15) is 30.0 Å². The van der Waals surface area contributed by atoms with E-state index < -0.39 is 15.1 Å². The third-order valence-corrected chi connectivity index (χ3v) is 6.81. The first-order chi connectivity index (χ1) is 11.6. The van der Waals surface area contributed by atoms with Gasteiger partial charge in [-0.1, -0.05) is 41.6 Å². The third kappa shape index (κ3) is 3.91. The Bertz CT molecular complexity index is 872. The normalized spacial score (nSPS) is 13.0. The summed E-state index contributed by atoms with van der Waals surface area (Å²) in [6.45, 7) is 1.60. The Morgan fingerprint density at radius 3 is 2.67 bits per heavy atom. The van der Waals surface area contributed by atoms with E-state index in [4.69, 9.17) is 4.52 Å². The molecule has 0 aliphatic carbocycles. The number of hydrogen-bond donors (Lipinski definition) is 0. The molecule has 0 saturated heterocycles. The minimum absolute atomic E-state index is 0.0970. The summed E-state index contributed by atoms with van der Waals surface area (Å²) in [5.41, 5.74) is 1.14. The zero-order valence-corrected chi connectivity index (χ0v) is 14.9. The van der Waals surface area contributed by atoms with Crippen LogP contribution in [-0.4, -0.2) is 24.3 Å². The summed E-state index contributed by atoms with van der Waals surface area (Å²) in [6, 6.07) is 13.6. The zero-order chi connectivity index (χ0) is 17.0. The van der Waals surface area contributed by atoms with E-state index in [1.54, 1.807) is 6.92 Å². The highest BCUT2D eigenvalue weighted by Gasteiger charge is 2.28. The third-order valence-electron chi connectivity index (χ3n) is 3.81. The van der Waals surface area contributed by atoms with E-state index >= 15 is 0 Å². The van der Waals surface area contributed by atoms with Crippen molar-refractivity contribution in [2.75, 3.05) is 5.75 Å². The second-order valence-electron chi connectivity index (χ2n) is 5.53. The lowest BCUT2D eigenvalue weighted by Crippen LogP contribution is -2.15. The van der Waals surface area contributed by atoms with Crippen LogP contribution >= 0.6 is 11.3 Å². The van der Waals surface area contributed by atoms with Crippen molar-refractivity contribution in [1.82, 2.24) is 10.1 Å². The Labute approximate surface area is 145 Å². The summed E-state index contributed by atoms with van der Waals surface area (Å²) in [5.74, 6) is 0.684. The highest BCUT2D eigenvalue weighted by molar-refractivity contribution is 7.91. The van der Waals surface area contributed by atoms with E-state index in [9.17, 15) is 8.42 Å². The molecule has 1 atom stereocenters. The first-order valence-electron chi connectivity index (χ1n) is 7.69. The quantitative estimate of drug-likeness (QED) is 0.637. The maximum atomic E-state index is 12.5. The van der Waals surface area contributed by atoms with Crippen LogP contribution in [0.25, 0.3) is 10.7 Å². The number of aryl methyl sites for hydroxylation is 1. The van der Waals surface area contributed by atoms with Gasteiger partial charge in [-0.15, -0.1) is 11.3 Å². The molecule has 0 bridgehead atoms. The summed E-state index contributed by atoms with van der Waals surface area (Å²) in [5, 5.41) is 5.00. The topological polar surface area (TPSA) is 73.1 Å². The van der Waals surface area contributed by atoms with Crippen LogP contribution in [0, 0.1) is 0 Å². The van der Waals surface area contributed by atoms with E-state index in [1.165, 1.54) is 11.3 Å². The molecule has 3 aromatic rings. The largest absolute Gasteiger partial charge is 0.338 e. The molecule has 7 heteroatoms. The predicted molar refractivity (Wildman–Crippen MR) is 94.6 cm³/mol. The molecule has 2 heterocycles. The fourth-order valence-corrected chi connectivity index (χ4v) is 4.31. The lowest BCUT2D eigenvalue weighted by atomic mass is 10.1. The smallest absolute Gasteiger partial charge is 0.245 e. The average Bonchev–Trinajstić information content (AvgIpc) is 3.26. The molecule has 0 fully saturated rings. The van der Waals surface area contributed by atoms with Crippen molar-refractivity contribution < 1.29 is 12.9 Å². The van der Waals surface area contributed by atoms with E-state index in [-0.39, 0.29) is 11.6 Å². The van der Waals surface area contributed by atoms with Gasteiger partial charge in [-0.05, 0) is 36.8 Å². The van der Waals surface area contributed by atoms with Gasteiger partial charge in [0, 0.05) is 0 Å². The van der Waals surface area contributed by atoms with Crippen LogP contribution in [0.3, 0.4) is 0 Å². The van der Waals surface area contributed by atoms with Crippen molar-refractivity contribution in [2.45, 2.75) is 25.0 Å². The Kier molecular flexibility index (Phi) is 5.11. The lowest BCUT2D eigenvalue weighted by Gasteiger charge is -2.08. The molecule has 0 saturated carbocycles. The molecule has 0 aliphatic heterocycles. The molecule has 0 aliphatic rings. The van der Waals surface area contributed by atoms with Gasteiger partial charge in [0.1, 0.15) is 5.25 Å². The molecule has 1 unspecified atom stereocenters. The molecule has 2 aromatic heterocycles. The van der Waals surface area contributed by atoms with Gasteiger partial charge in [0.05, 0.1) is 10.6 Å². The first-order valence-corrected chi connectivity index (χ1v) is 10.3. The van der Waals surface area contributed by atoms with E-state index in [0.717, 1.165) is 16.9 Å². The SMILES string of the molecule is CC(c1nc(-c2cccs2)no1)S(=O)(=O)CCCc1ccccc1. The minimum atomic E-state index is -3.33. The number of nitrogens with zero attached hydrogens (tertiary/aromatic N) is 2. The molecule has 0 radical (unpaired) electrons. The molecule has 126 valence electrons. The summed E-state index contributed by atoms with van der Waals surface area (Å²) in [7, 11) is -3.33. The maximum absolute atomic E-state index is 12.5. The Morgan fingerprint density at radius 2 is 1.96 bits per heavy atom. The van der Waals surface area contributed by atoms with Gasteiger partial charge in [-0.25, -0.2) is 8.42 Å². The minimum Gasteiger partial charge on any atom is -0.338 e. The van der Waals surface area contributed by atoms with Crippen LogP contribution in [0.5, 0.6) is 0 Å². The predicted octanol–water partition coefficient (Wildman–Crippen LogP) is 3.91. The Balaban J connectivity index is 1.64. The van der Waals surface area contributed by atoms with Gasteiger partial charge >= 0.3 is 0 Å². The molecule has 24 heavy (non-hydrogen) atoms. The Morgan fingerprint density at radius 1 is 1.17 bits per heavy atom. The monoisotopic (exact) mass is 362 g/mol. The lowest BCUT2D eigenvalue weighted by molar-refractivity contribution is 0.377. The number of hydrogen-bond acceptors (Lipinski definition) is 6. The highest BCUT2D eigenvalue weighted by Crippen LogP contribution is 2.26. The number of rotatable bonds is 7. The van der Waals surface area contributed by atoms with E-state index in [1.807, 2.05) is 47.8 Å². The van der Waals surface area contributed by atoms with Crippen LogP contribution < -0.4 is 0 Å². The summed E-state index contributed by atoms with van der Waals surface area (Å²) in [6.07, 6.45) is 1.31. The summed E-state index contributed by atoms with van der Waals surface area (Å²) >= 11 is 1.49. The molecule has 0 amide bonds. The van der Waals surface area contributed by atoms with Gasteiger partial charge in [-0.2, -0.15) is 4.98 Å². The van der Waals surface area contributed by atoms with Crippen LogP contribution in [0.15, 0.2) is 52.4 Å². The van der Waals surface area contributed by atoms with Crippen molar-refractivity contribution in [3.8, 4) is 10.7 Å². The fraction of sp³-hybridized carbons (Fsp3) is 0.294. The van der Waals surface area contributed by atoms with Gasteiger partial charge in [0.2, 0.25) is 11.7 Å². The van der Waals surface area contributed by atoms with Gasteiger partial charge in [0.25, 0.3) is 0 Å². The first kappa shape index (κ1) is 16.9. The second-order valence-corrected chi connectivity index (χ2v) is 8.92. The van der Waals surface area contributed by atoms with E-state index in [0.29, 0.717) is 12.2 Å².